The molecule has 1 aliphatic rings. The lowest BCUT2D eigenvalue weighted by Gasteiger charge is -2.37. The van der Waals surface area contributed by atoms with Gasteiger partial charge in [0.1, 0.15) is 10.3 Å². The maximum atomic E-state index is 12.6. The molecule has 6 heteroatoms. The molecule has 0 aliphatic carbocycles. The molecule has 4 rings (SSSR count). The summed E-state index contributed by atoms with van der Waals surface area (Å²) in [5, 5.41) is 11.6. The molecule has 2 aromatic heterocycles. The predicted molar refractivity (Wildman–Crippen MR) is 96.9 cm³/mol. The number of rotatable bonds is 2. The highest BCUT2D eigenvalue weighted by atomic mass is 32.1. The quantitative estimate of drug-likeness (QED) is 0.772. The summed E-state index contributed by atoms with van der Waals surface area (Å²) in [6, 6.07) is 7.28. The molecule has 1 aromatic carbocycles. The molecule has 0 unspecified atom stereocenters. The van der Waals surface area contributed by atoms with Crippen molar-refractivity contribution in [1.29, 1.82) is 0 Å². The number of piperidine rings is 1. The Morgan fingerprint density at radius 2 is 2.00 bits per heavy atom. The van der Waals surface area contributed by atoms with E-state index >= 15 is 0 Å². The summed E-state index contributed by atoms with van der Waals surface area (Å²) in [6.07, 6.45) is 1.84. The zero-order chi connectivity index (χ0) is 16.9. The molecule has 1 fully saturated rings. The van der Waals surface area contributed by atoms with Crippen molar-refractivity contribution in [1.82, 2.24) is 4.98 Å². The summed E-state index contributed by atoms with van der Waals surface area (Å²) >= 11 is 1.40. The van der Waals surface area contributed by atoms with Crippen LogP contribution >= 0.6 is 11.3 Å². The summed E-state index contributed by atoms with van der Waals surface area (Å²) < 4.78 is 6.38. The monoisotopic (exact) mass is 344 g/mol. The molecule has 126 valence electrons. The van der Waals surface area contributed by atoms with Crippen molar-refractivity contribution < 1.29 is 9.52 Å². The molecule has 5 nitrogen and oxygen atoms in total. The summed E-state index contributed by atoms with van der Waals surface area (Å²) in [5.41, 5.74) is 0.340. The third-order valence-corrected chi connectivity index (χ3v) is 5.99. The number of nitrogens with zero attached hydrogens (tertiary/aromatic N) is 2. The molecular formula is C18H20N2O3S. The Morgan fingerprint density at radius 1 is 1.29 bits per heavy atom. The molecule has 24 heavy (non-hydrogen) atoms. The number of thiazole rings is 1. The van der Waals surface area contributed by atoms with E-state index in [0.717, 1.165) is 31.1 Å². The van der Waals surface area contributed by atoms with E-state index in [9.17, 15) is 9.90 Å². The van der Waals surface area contributed by atoms with E-state index in [0.29, 0.717) is 27.3 Å². The topological polar surface area (TPSA) is 66.6 Å². The van der Waals surface area contributed by atoms with Gasteiger partial charge < -0.3 is 14.4 Å². The van der Waals surface area contributed by atoms with E-state index in [2.05, 4.69) is 9.88 Å². The summed E-state index contributed by atoms with van der Waals surface area (Å²) in [4.78, 5) is 19.4. The normalized spacial score (nSPS) is 17.0. The zero-order valence-corrected chi connectivity index (χ0v) is 14.6. The molecule has 0 radical (unpaired) electrons. The van der Waals surface area contributed by atoms with Gasteiger partial charge in [0, 0.05) is 13.1 Å². The van der Waals surface area contributed by atoms with Crippen molar-refractivity contribution in [3.8, 4) is 0 Å². The lowest BCUT2D eigenvalue weighted by atomic mass is 9.83. The highest BCUT2D eigenvalue weighted by molar-refractivity contribution is 7.22. The first-order valence-corrected chi connectivity index (χ1v) is 9.05. The number of aliphatic hydroxyl groups is 1. The van der Waals surface area contributed by atoms with Crippen molar-refractivity contribution in [2.45, 2.75) is 32.3 Å². The molecule has 1 N–H and O–H groups in total. The van der Waals surface area contributed by atoms with Crippen LogP contribution in [0.25, 0.3) is 21.4 Å². The Hall–Kier alpha value is -1.92. The molecule has 1 aliphatic heterocycles. The first-order valence-electron chi connectivity index (χ1n) is 8.23. The van der Waals surface area contributed by atoms with Crippen molar-refractivity contribution >= 4 is 37.9 Å². The van der Waals surface area contributed by atoms with E-state index < -0.39 is 5.60 Å². The molecule has 1 saturated heterocycles. The summed E-state index contributed by atoms with van der Waals surface area (Å²) in [7, 11) is 0. The second kappa shape index (κ2) is 5.57. The van der Waals surface area contributed by atoms with Gasteiger partial charge in [-0.25, -0.2) is 0 Å². The highest BCUT2D eigenvalue weighted by Crippen LogP contribution is 2.34. The number of hydrogen-bond acceptors (Lipinski definition) is 6. The van der Waals surface area contributed by atoms with Gasteiger partial charge >= 0.3 is 0 Å². The second-order valence-corrected chi connectivity index (χ2v) is 7.95. The second-order valence-electron chi connectivity index (χ2n) is 6.97. The SMILES string of the molecule is CC(C)(O)C1CCN(c2nc3oc4ccccc4c(=O)c3s2)CC1. The Kier molecular flexibility index (Phi) is 3.62. The fraction of sp³-hybridized carbons (Fsp3) is 0.444. The molecule has 0 saturated carbocycles. The molecule has 0 atom stereocenters. The summed E-state index contributed by atoms with van der Waals surface area (Å²) in [6.45, 7) is 5.42. The fourth-order valence-electron chi connectivity index (χ4n) is 3.39. The van der Waals surface area contributed by atoms with E-state index in [1.807, 2.05) is 26.0 Å². The molecular weight excluding hydrogens is 324 g/mol. The van der Waals surface area contributed by atoms with Gasteiger partial charge in [0.05, 0.1) is 11.0 Å². The third-order valence-electron chi connectivity index (χ3n) is 4.89. The van der Waals surface area contributed by atoms with Crippen LogP contribution in [0.2, 0.25) is 0 Å². The van der Waals surface area contributed by atoms with Crippen LogP contribution in [0.1, 0.15) is 26.7 Å². The van der Waals surface area contributed by atoms with E-state index in [1.165, 1.54) is 11.3 Å². The number of para-hydroxylation sites is 1. The molecule has 0 amide bonds. The minimum Gasteiger partial charge on any atom is -0.437 e. The van der Waals surface area contributed by atoms with Crippen LogP contribution in [0.5, 0.6) is 0 Å². The van der Waals surface area contributed by atoms with Crippen molar-refractivity contribution in [3.63, 3.8) is 0 Å². The zero-order valence-electron chi connectivity index (χ0n) is 13.8. The fourth-order valence-corrected chi connectivity index (χ4v) is 4.39. The maximum Gasteiger partial charge on any atom is 0.243 e. The lowest BCUT2D eigenvalue weighted by Crippen LogP contribution is -2.41. The highest BCUT2D eigenvalue weighted by Gasteiger charge is 2.31. The van der Waals surface area contributed by atoms with Crippen LogP contribution in [0, 0.1) is 5.92 Å². The molecule has 0 spiro atoms. The van der Waals surface area contributed by atoms with Crippen molar-refractivity contribution in [3.05, 3.63) is 34.5 Å². The first kappa shape index (κ1) is 15.6. The number of aromatic nitrogens is 1. The van der Waals surface area contributed by atoms with E-state index in [4.69, 9.17) is 4.42 Å². The minimum absolute atomic E-state index is 0.0121. The van der Waals surface area contributed by atoms with Crippen molar-refractivity contribution in [2.24, 2.45) is 5.92 Å². The Bertz CT molecular complexity index is 946. The number of benzene rings is 1. The Balaban J connectivity index is 1.68. The number of anilines is 1. The predicted octanol–water partition coefficient (Wildman–Crippen LogP) is 3.39. The van der Waals surface area contributed by atoms with Gasteiger partial charge in [-0.2, -0.15) is 4.98 Å². The van der Waals surface area contributed by atoms with Gasteiger partial charge in [-0.1, -0.05) is 23.5 Å². The van der Waals surface area contributed by atoms with Crippen LogP contribution in [0.15, 0.2) is 33.5 Å². The van der Waals surface area contributed by atoms with Crippen LogP contribution in [0.3, 0.4) is 0 Å². The van der Waals surface area contributed by atoms with Gasteiger partial charge in [0.2, 0.25) is 11.1 Å². The molecule has 3 aromatic rings. The van der Waals surface area contributed by atoms with Gasteiger partial charge in [-0.05, 0) is 44.7 Å². The smallest absolute Gasteiger partial charge is 0.243 e. The standard InChI is InChI=1S/C18H20N2O3S/c1-18(2,22)11-7-9-20(10-8-11)17-19-16-15(24-17)14(21)12-5-3-4-6-13(12)23-16/h3-6,11,22H,7-10H2,1-2H3. The van der Waals surface area contributed by atoms with Crippen molar-refractivity contribution in [2.75, 3.05) is 18.0 Å². The average Bonchev–Trinajstić information content (AvgIpc) is 2.99. The Morgan fingerprint density at radius 3 is 2.71 bits per heavy atom. The Labute approximate surface area is 143 Å². The largest absolute Gasteiger partial charge is 0.437 e. The van der Waals surface area contributed by atoms with Crippen LogP contribution < -0.4 is 10.3 Å². The molecule has 3 heterocycles. The van der Waals surface area contributed by atoms with Crippen LogP contribution in [-0.4, -0.2) is 28.8 Å². The molecule has 0 bridgehead atoms. The first-order chi connectivity index (χ1) is 11.4. The lowest BCUT2D eigenvalue weighted by molar-refractivity contribution is 0.00651. The van der Waals surface area contributed by atoms with Gasteiger partial charge in [0.15, 0.2) is 5.13 Å². The van der Waals surface area contributed by atoms with Crippen LogP contribution in [0.4, 0.5) is 5.13 Å². The number of hydrogen-bond donors (Lipinski definition) is 1. The van der Waals surface area contributed by atoms with E-state index in [1.54, 1.807) is 12.1 Å². The van der Waals surface area contributed by atoms with Gasteiger partial charge in [-0.3, -0.25) is 4.79 Å². The number of fused-ring (bicyclic) bond motifs is 2. The minimum atomic E-state index is -0.644. The van der Waals surface area contributed by atoms with Gasteiger partial charge in [0.25, 0.3) is 0 Å². The van der Waals surface area contributed by atoms with E-state index in [-0.39, 0.29) is 5.43 Å². The average molecular weight is 344 g/mol. The van der Waals surface area contributed by atoms with Gasteiger partial charge in [-0.15, -0.1) is 0 Å². The summed E-state index contributed by atoms with van der Waals surface area (Å²) in [5.74, 6) is 0.297. The third kappa shape index (κ3) is 2.59. The van der Waals surface area contributed by atoms with Crippen LogP contribution in [-0.2, 0) is 0 Å². The maximum absolute atomic E-state index is 12.6.